The summed E-state index contributed by atoms with van der Waals surface area (Å²) in [4.78, 5) is 16.9. The predicted octanol–water partition coefficient (Wildman–Crippen LogP) is 2.35. The maximum absolute atomic E-state index is 12.1. The molecule has 1 aliphatic carbocycles. The number of carbonyl (C=O) groups is 1. The molecule has 1 aliphatic heterocycles. The molecule has 0 saturated carbocycles. The van der Waals surface area contributed by atoms with Crippen molar-refractivity contribution in [1.82, 2.24) is 9.80 Å². The molecule has 1 heterocycles. The third-order valence-corrected chi connectivity index (χ3v) is 4.53. The zero-order valence-corrected chi connectivity index (χ0v) is 13.1. The van der Waals surface area contributed by atoms with Gasteiger partial charge < -0.3 is 5.32 Å². The first-order valence-electron chi connectivity index (χ1n) is 8.29. The van der Waals surface area contributed by atoms with Gasteiger partial charge in [-0.25, -0.2) is 0 Å². The molecule has 0 aromatic heterocycles. The third kappa shape index (κ3) is 4.18. The van der Waals surface area contributed by atoms with Crippen LogP contribution in [0, 0.1) is 0 Å². The van der Waals surface area contributed by atoms with Gasteiger partial charge in [0.05, 0.1) is 6.54 Å². The van der Waals surface area contributed by atoms with Crippen molar-refractivity contribution in [1.29, 1.82) is 0 Å². The van der Waals surface area contributed by atoms with Crippen LogP contribution in [0.2, 0.25) is 0 Å². The van der Waals surface area contributed by atoms with E-state index in [-0.39, 0.29) is 5.91 Å². The number of hydrogen-bond acceptors (Lipinski definition) is 3. The molecular weight excluding hydrogens is 274 g/mol. The number of para-hydroxylation sites is 1. The summed E-state index contributed by atoms with van der Waals surface area (Å²) in [7, 11) is 0. The first kappa shape index (κ1) is 15.3. The highest BCUT2D eigenvalue weighted by molar-refractivity contribution is 5.92. The summed E-state index contributed by atoms with van der Waals surface area (Å²) in [5.41, 5.74) is 0.874. The maximum Gasteiger partial charge on any atom is 0.238 e. The molecule has 0 bridgehead atoms. The van der Waals surface area contributed by atoms with Gasteiger partial charge in [-0.2, -0.15) is 0 Å². The van der Waals surface area contributed by atoms with Crippen molar-refractivity contribution < 1.29 is 4.79 Å². The van der Waals surface area contributed by atoms with Crippen LogP contribution in [0.15, 0.2) is 42.5 Å². The van der Waals surface area contributed by atoms with Crippen LogP contribution in [0.25, 0.3) is 0 Å². The van der Waals surface area contributed by atoms with Crippen molar-refractivity contribution in [2.24, 2.45) is 0 Å². The molecule has 3 rings (SSSR count). The monoisotopic (exact) mass is 299 g/mol. The Balaban J connectivity index is 1.42. The maximum atomic E-state index is 12.1. The number of benzene rings is 1. The van der Waals surface area contributed by atoms with E-state index in [1.165, 1.54) is 19.3 Å². The van der Waals surface area contributed by atoms with Gasteiger partial charge in [0, 0.05) is 37.9 Å². The number of allylic oxidation sites excluding steroid dienone is 1. The molecule has 118 valence electrons. The molecule has 0 spiro atoms. The van der Waals surface area contributed by atoms with Crippen LogP contribution < -0.4 is 5.32 Å². The molecule has 0 unspecified atom stereocenters. The van der Waals surface area contributed by atoms with E-state index in [1.54, 1.807) is 0 Å². The fourth-order valence-corrected chi connectivity index (χ4v) is 3.28. The Hall–Kier alpha value is -1.65. The molecule has 1 fully saturated rings. The van der Waals surface area contributed by atoms with E-state index in [2.05, 4.69) is 27.3 Å². The highest BCUT2D eigenvalue weighted by atomic mass is 16.2. The largest absolute Gasteiger partial charge is 0.325 e. The van der Waals surface area contributed by atoms with Gasteiger partial charge in [0.15, 0.2) is 0 Å². The van der Waals surface area contributed by atoms with Crippen LogP contribution in [-0.4, -0.2) is 54.5 Å². The molecule has 1 N–H and O–H groups in total. The number of amides is 1. The fraction of sp³-hybridized carbons (Fsp3) is 0.500. The van der Waals surface area contributed by atoms with Crippen molar-refractivity contribution in [3.63, 3.8) is 0 Å². The molecule has 1 aromatic rings. The minimum Gasteiger partial charge on any atom is -0.325 e. The third-order valence-electron chi connectivity index (χ3n) is 4.53. The number of piperazine rings is 1. The number of anilines is 1. The molecule has 1 amide bonds. The van der Waals surface area contributed by atoms with E-state index in [0.717, 1.165) is 31.9 Å². The van der Waals surface area contributed by atoms with Gasteiger partial charge in [-0.15, -0.1) is 0 Å². The Bertz CT molecular complexity index is 506. The van der Waals surface area contributed by atoms with E-state index in [4.69, 9.17) is 0 Å². The van der Waals surface area contributed by atoms with E-state index < -0.39 is 0 Å². The lowest BCUT2D eigenvalue weighted by atomic mass is 10.0. The lowest BCUT2D eigenvalue weighted by Gasteiger charge is -2.38. The van der Waals surface area contributed by atoms with Crippen molar-refractivity contribution in [3.05, 3.63) is 42.5 Å². The number of carbonyl (C=O) groups excluding carboxylic acids is 1. The molecule has 1 saturated heterocycles. The van der Waals surface area contributed by atoms with Crippen LogP contribution in [0.3, 0.4) is 0 Å². The van der Waals surface area contributed by atoms with Gasteiger partial charge in [-0.3, -0.25) is 14.6 Å². The van der Waals surface area contributed by atoms with Crippen molar-refractivity contribution >= 4 is 11.6 Å². The molecule has 1 atom stereocenters. The Morgan fingerprint density at radius 3 is 2.59 bits per heavy atom. The lowest BCUT2D eigenvalue weighted by molar-refractivity contribution is -0.117. The quantitative estimate of drug-likeness (QED) is 0.867. The van der Waals surface area contributed by atoms with Crippen LogP contribution in [0.1, 0.15) is 19.3 Å². The van der Waals surface area contributed by atoms with E-state index in [9.17, 15) is 4.79 Å². The first-order chi connectivity index (χ1) is 10.8. The van der Waals surface area contributed by atoms with Crippen LogP contribution in [0.4, 0.5) is 5.69 Å². The van der Waals surface area contributed by atoms with E-state index in [0.29, 0.717) is 12.6 Å². The number of rotatable bonds is 4. The smallest absolute Gasteiger partial charge is 0.238 e. The highest BCUT2D eigenvalue weighted by Crippen LogP contribution is 2.18. The first-order valence-corrected chi connectivity index (χ1v) is 8.29. The topological polar surface area (TPSA) is 35.6 Å². The molecule has 1 aromatic carbocycles. The van der Waals surface area contributed by atoms with Gasteiger partial charge in [-0.1, -0.05) is 30.4 Å². The summed E-state index contributed by atoms with van der Waals surface area (Å²) < 4.78 is 0. The standard InChI is InChI=1S/C18H25N3O/c22-18(19-16-7-3-1-4-8-16)15-20-11-13-21(14-12-20)17-9-5-2-6-10-17/h1,3-5,7-9,17H,2,6,10-15H2,(H,19,22)/t17-/m1/s1. The number of nitrogens with zero attached hydrogens (tertiary/aromatic N) is 2. The Morgan fingerprint density at radius 2 is 1.91 bits per heavy atom. The SMILES string of the molecule is O=C(CN1CCN([C@@H]2C=CCCC2)CC1)Nc1ccccc1. The van der Waals surface area contributed by atoms with Gasteiger partial charge in [-0.05, 0) is 31.4 Å². The molecule has 2 aliphatic rings. The van der Waals surface area contributed by atoms with Crippen LogP contribution in [-0.2, 0) is 4.79 Å². The van der Waals surface area contributed by atoms with Crippen LogP contribution >= 0.6 is 0 Å². The molecule has 4 heteroatoms. The second-order valence-electron chi connectivity index (χ2n) is 6.15. The van der Waals surface area contributed by atoms with Crippen molar-refractivity contribution in [3.8, 4) is 0 Å². The number of hydrogen-bond donors (Lipinski definition) is 1. The van der Waals surface area contributed by atoms with Gasteiger partial charge in [0.2, 0.25) is 5.91 Å². The molecular formula is C18H25N3O. The Labute approximate surface area is 132 Å². The number of nitrogens with one attached hydrogen (secondary N) is 1. The summed E-state index contributed by atoms with van der Waals surface area (Å²) in [5, 5.41) is 2.96. The summed E-state index contributed by atoms with van der Waals surface area (Å²) in [5.74, 6) is 0.0808. The second kappa shape index (κ2) is 7.56. The highest BCUT2D eigenvalue weighted by Gasteiger charge is 2.23. The van der Waals surface area contributed by atoms with E-state index in [1.807, 2.05) is 30.3 Å². The Morgan fingerprint density at radius 1 is 1.14 bits per heavy atom. The zero-order valence-electron chi connectivity index (χ0n) is 13.1. The van der Waals surface area contributed by atoms with Gasteiger partial charge >= 0.3 is 0 Å². The van der Waals surface area contributed by atoms with Crippen molar-refractivity contribution in [2.45, 2.75) is 25.3 Å². The second-order valence-corrected chi connectivity index (χ2v) is 6.15. The minimum atomic E-state index is 0.0808. The summed E-state index contributed by atoms with van der Waals surface area (Å²) in [6, 6.07) is 10.3. The Kier molecular flexibility index (Phi) is 5.24. The molecule has 4 nitrogen and oxygen atoms in total. The summed E-state index contributed by atoms with van der Waals surface area (Å²) in [6.07, 6.45) is 8.50. The molecule has 0 radical (unpaired) electrons. The fourth-order valence-electron chi connectivity index (χ4n) is 3.28. The average Bonchev–Trinajstić information content (AvgIpc) is 2.57. The van der Waals surface area contributed by atoms with Gasteiger partial charge in [0.25, 0.3) is 0 Å². The summed E-state index contributed by atoms with van der Waals surface area (Å²) in [6.45, 7) is 4.57. The van der Waals surface area contributed by atoms with Crippen LogP contribution in [0.5, 0.6) is 0 Å². The predicted molar refractivity (Wildman–Crippen MR) is 89.9 cm³/mol. The summed E-state index contributed by atoms with van der Waals surface area (Å²) >= 11 is 0. The minimum absolute atomic E-state index is 0.0808. The zero-order chi connectivity index (χ0) is 15.2. The molecule has 22 heavy (non-hydrogen) atoms. The van der Waals surface area contributed by atoms with Crippen molar-refractivity contribution in [2.75, 3.05) is 38.0 Å². The van der Waals surface area contributed by atoms with E-state index >= 15 is 0 Å². The normalized spacial score (nSPS) is 23.4. The van der Waals surface area contributed by atoms with Gasteiger partial charge in [0.1, 0.15) is 0 Å². The average molecular weight is 299 g/mol. The lowest BCUT2D eigenvalue weighted by Crippen LogP contribution is -2.51.